The first-order valence-electron chi connectivity index (χ1n) is 9.37. The van der Waals surface area contributed by atoms with Crippen LogP contribution in [0.5, 0.6) is 0 Å². The zero-order valence-corrected chi connectivity index (χ0v) is 16.8. The highest BCUT2D eigenvalue weighted by atomic mass is 32.2. The largest absolute Gasteiger partial charge is 0.469 e. The fraction of sp³-hybridized carbons (Fsp3) is 0.318. The molecule has 1 aliphatic heterocycles. The average Bonchev–Trinajstić information content (AvgIpc) is 2.73. The van der Waals surface area contributed by atoms with E-state index in [0.29, 0.717) is 13.1 Å². The first kappa shape index (κ1) is 20.3. The first-order chi connectivity index (χ1) is 13.5. The highest BCUT2D eigenvalue weighted by molar-refractivity contribution is 7.92. The third kappa shape index (κ3) is 5.30. The fourth-order valence-electron chi connectivity index (χ4n) is 3.46. The van der Waals surface area contributed by atoms with Crippen molar-refractivity contribution in [3.05, 3.63) is 76.7 Å². The van der Waals surface area contributed by atoms with Gasteiger partial charge in [0.15, 0.2) is 0 Å². The van der Waals surface area contributed by atoms with Crippen LogP contribution in [0.1, 0.15) is 35.4 Å². The third-order valence-electron chi connectivity index (χ3n) is 4.97. The number of rotatable bonds is 6. The van der Waals surface area contributed by atoms with Gasteiger partial charge in [-0.1, -0.05) is 54.6 Å². The van der Waals surface area contributed by atoms with Crippen LogP contribution in [0.3, 0.4) is 0 Å². The van der Waals surface area contributed by atoms with E-state index in [0.717, 1.165) is 29.5 Å². The standard InChI is InChI=1S/C22H25NO4S/c1-27-22(24)16-19-9-5-10-20(15-19)21-11-6-13-23(17-21)28(25,26)14-12-18-7-3-2-4-8-18/h2-5,7-10,12,14-15,21H,6,11,13,16-17H2,1H3/b14-12+. The molecule has 0 radical (unpaired) electrons. The molecule has 3 rings (SSSR count). The Morgan fingerprint density at radius 1 is 1.18 bits per heavy atom. The lowest BCUT2D eigenvalue weighted by Crippen LogP contribution is -2.38. The lowest BCUT2D eigenvalue weighted by atomic mass is 9.90. The van der Waals surface area contributed by atoms with Gasteiger partial charge in [0.25, 0.3) is 0 Å². The van der Waals surface area contributed by atoms with E-state index in [1.54, 1.807) is 10.4 Å². The van der Waals surface area contributed by atoms with Crippen LogP contribution in [-0.4, -0.2) is 38.9 Å². The molecule has 1 aliphatic rings. The van der Waals surface area contributed by atoms with E-state index in [-0.39, 0.29) is 18.3 Å². The van der Waals surface area contributed by atoms with Crippen LogP contribution in [-0.2, 0) is 26.0 Å². The van der Waals surface area contributed by atoms with Crippen molar-refractivity contribution in [2.24, 2.45) is 0 Å². The summed E-state index contributed by atoms with van der Waals surface area (Å²) in [6.07, 6.45) is 3.59. The van der Waals surface area contributed by atoms with Gasteiger partial charge in [0.05, 0.1) is 13.5 Å². The molecular formula is C22H25NO4S. The van der Waals surface area contributed by atoms with Crippen molar-refractivity contribution in [2.45, 2.75) is 25.2 Å². The molecule has 0 saturated carbocycles. The van der Waals surface area contributed by atoms with E-state index in [2.05, 4.69) is 0 Å². The van der Waals surface area contributed by atoms with Crippen molar-refractivity contribution in [1.82, 2.24) is 4.31 Å². The van der Waals surface area contributed by atoms with Gasteiger partial charge in [-0.05, 0) is 41.5 Å². The highest BCUT2D eigenvalue weighted by Gasteiger charge is 2.28. The number of carbonyl (C=O) groups is 1. The number of piperidine rings is 1. The minimum Gasteiger partial charge on any atom is -0.469 e. The van der Waals surface area contributed by atoms with Crippen LogP contribution in [0.2, 0.25) is 0 Å². The van der Waals surface area contributed by atoms with Gasteiger partial charge in [0.1, 0.15) is 0 Å². The van der Waals surface area contributed by atoms with Crippen molar-refractivity contribution < 1.29 is 17.9 Å². The average molecular weight is 400 g/mol. The zero-order valence-electron chi connectivity index (χ0n) is 16.0. The second-order valence-corrected chi connectivity index (χ2v) is 8.77. The summed E-state index contributed by atoms with van der Waals surface area (Å²) in [7, 11) is -2.10. The predicted octanol–water partition coefficient (Wildman–Crippen LogP) is 3.58. The Hall–Kier alpha value is -2.44. The minimum absolute atomic E-state index is 0.117. The third-order valence-corrected chi connectivity index (χ3v) is 6.51. The van der Waals surface area contributed by atoms with E-state index in [9.17, 15) is 13.2 Å². The number of nitrogens with zero attached hydrogens (tertiary/aromatic N) is 1. The molecule has 1 unspecified atom stereocenters. The van der Waals surface area contributed by atoms with Gasteiger partial charge < -0.3 is 4.74 Å². The fourth-order valence-corrected chi connectivity index (χ4v) is 4.73. The topological polar surface area (TPSA) is 63.7 Å². The van der Waals surface area contributed by atoms with Crippen LogP contribution < -0.4 is 0 Å². The molecule has 0 aliphatic carbocycles. The Morgan fingerprint density at radius 3 is 2.71 bits per heavy atom. The summed E-state index contributed by atoms with van der Waals surface area (Å²) in [5.41, 5.74) is 2.80. The van der Waals surface area contributed by atoms with Gasteiger partial charge in [0, 0.05) is 18.5 Å². The molecule has 5 nitrogen and oxygen atoms in total. The molecule has 0 bridgehead atoms. The maximum Gasteiger partial charge on any atom is 0.309 e. The van der Waals surface area contributed by atoms with E-state index in [4.69, 9.17) is 4.74 Å². The molecule has 28 heavy (non-hydrogen) atoms. The summed E-state index contributed by atoms with van der Waals surface area (Å²) in [5.74, 6) is -0.165. The molecule has 0 amide bonds. The molecular weight excluding hydrogens is 374 g/mol. The van der Waals surface area contributed by atoms with E-state index in [1.807, 2.05) is 54.6 Å². The number of hydrogen-bond acceptors (Lipinski definition) is 4. The second-order valence-electron chi connectivity index (χ2n) is 6.95. The number of hydrogen-bond donors (Lipinski definition) is 0. The Morgan fingerprint density at radius 2 is 1.96 bits per heavy atom. The zero-order chi connectivity index (χ0) is 20.0. The maximum atomic E-state index is 12.8. The lowest BCUT2D eigenvalue weighted by molar-refractivity contribution is -0.139. The SMILES string of the molecule is COC(=O)Cc1cccc(C2CCCN(S(=O)(=O)/C=C/c3ccccc3)C2)c1. The number of carbonyl (C=O) groups excluding carboxylic acids is 1. The number of methoxy groups -OCH3 is 1. The molecule has 148 valence electrons. The maximum absolute atomic E-state index is 12.8. The summed E-state index contributed by atoms with van der Waals surface area (Å²) < 4.78 is 31.8. The minimum atomic E-state index is -3.48. The van der Waals surface area contributed by atoms with Crippen molar-refractivity contribution >= 4 is 22.1 Å². The predicted molar refractivity (Wildman–Crippen MR) is 110 cm³/mol. The van der Waals surface area contributed by atoms with Gasteiger partial charge in [-0.2, -0.15) is 4.31 Å². The number of benzene rings is 2. The van der Waals surface area contributed by atoms with Gasteiger partial charge >= 0.3 is 5.97 Å². The Kier molecular flexibility index (Phi) is 6.65. The molecule has 1 atom stereocenters. The Labute approximate surface area is 166 Å². The molecule has 0 aromatic heterocycles. The summed E-state index contributed by atoms with van der Waals surface area (Å²) in [6.45, 7) is 0.975. The summed E-state index contributed by atoms with van der Waals surface area (Å²) in [4.78, 5) is 11.5. The van der Waals surface area contributed by atoms with Crippen LogP contribution >= 0.6 is 0 Å². The van der Waals surface area contributed by atoms with Gasteiger partial charge in [-0.25, -0.2) is 8.42 Å². The smallest absolute Gasteiger partial charge is 0.309 e. The van der Waals surface area contributed by atoms with Crippen LogP contribution in [0.25, 0.3) is 6.08 Å². The van der Waals surface area contributed by atoms with Gasteiger partial charge in [-0.15, -0.1) is 0 Å². The normalized spacial score (nSPS) is 18.2. The Bertz CT molecular complexity index is 938. The number of sulfonamides is 1. The van der Waals surface area contributed by atoms with Crippen molar-refractivity contribution in [3.8, 4) is 0 Å². The van der Waals surface area contributed by atoms with Gasteiger partial charge in [0.2, 0.25) is 10.0 Å². The second kappa shape index (κ2) is 9.17. The van der Waals surface area contributed by atoms with E-state index < -0.39 is 10.0 Å². The molecule has 1 fully saturated rings. The monoisotopic (exact) mass is 399 g/mol. The van der Waals surface area contributed by atoms with Crippen molar-refractivity contribution in [1.29, 1.82) is 0 Å². The lowest BCUT2D eigenvalue weighted by Gasteiger charge is -2.31. The van der Waals surface area contributed by atoms with Crippen LogP contribution in [0.15, 0.2) is 60.0 Å². The highest BCUT2D eigenvalue weighted by Crippen LogP contribution is 2.29. The molecule has 2 aromatic carbocycles. The molecule has 1 heterocycles. The molecule has 1 saturated heterocycles. The van der Waals surface area contributed by atoms with Crippen molar-refractivity contribution in [3.63, 3.8) is 0 Å². The molecule has 0 spiro atoms. The van der Waals surface area contributed by atoms with Gasteiger partial charge in [-0.3, -0.25) is 4.79 Å². The molecule has 0 N–H and O–H groups in total. The van der Waals surface area contributed by atoms with E-state index in [1.165, 1.54) is 12.5 Å². The van der Waals surface area contributed by atoms with E-state index >= 15 is 0 Å². The van der Waals surface area contributed by atoms with Crippen LogP contribution in [0.4, 0.5) is 0 Å². The number of ether oxygens (including phenoxy) is 1. The number of esters is 1. The van der Waals surface area contributed by atoms with Crippen molar-refractivity contribution in [2.75, 3.05) is 20.2 Å². The van der Waals surface area contributed by atoms with Crippen LogP contribution in [0, 0.1) is 0 Å². The summed E-state index contributed by atoms with van der Waals surface area (Å²) in [6, 6.07) is 17.2. The molecule has 2 aromatic rings. The summed E-state index contributed by atoms with van der Waals surface area (Å²) >= 11 is 0. The Balaban J connectivity index is 1.72. The molecule has 6 heteroatoms. The summed E-state index contributed by atoms with van der Waals surface area (Å²) in [5, 5.41) is 1.29. The first-order valence-corrected chi connectivity index (χ1v) is 10.9. The quantitative estimate of drug-likeness (QED) is 0.697.